The van der Waals surface area contributed by atoms with Crippen LogP contribution in [0.25, 0.3) is 0 Å². The van der Waals surface area contributed by atoms with Crippen molar-refractivity contribution in [2.24, 2.45) is 26.1 Å². The number of fused-ring (bicyclic) bond motifs is 2. The van der Waals surface area contributed by atoms with Gasteiger partial charge in [-0.05, 0) is 50.5 Å². The predicted molar refractivity (Wildman–Crippen MR) is 219 cm³/mol. The van der Waals surface area contributed by atoms with Gasteiger partial charge in [-0.2, -0.15) is 0 Å². The molecule has 1 atom stereocenters. The number of benzene rings is 1. The van der Waals surface area contributed by atoms with Crippen molar-refractivity contribution in [2.45, 2.75) is 38.6 Å². The summed E-state index contributed by atoms with van der Waals surface area (Å²) in [6, 6.07) is 7.88. The summed E-state index contributed by atoms with van der Waals surface area (Å²) in [6.07, 6.45) is 8.54. The van der Waals surface area contributed by atoms with Crippen molar-refractivity contribution in [2.75, 3.05) is 56.0 Å². The van der Waals surface area contributed by atoms with E-state index in [4.69, 9.17) is 14.2 Å². The van der Waals surface area contributed by atoms with Crippen molar-refractivity contribution in [1.82, 2.24) is 23.9 Å². The first-order valence-electron chi connectivity index (χ1n) is 19.0. The van der Waals surface area contributed by atoms with Gasteiger partial charge in [0.2, 0.25) is 5.91 Å². The second kappa shape index (κ2) is 18.1. The Kier molecular flexibility index (Phi) is 12.8. The Morgan fingerprint density at radius 1 is 0.810 bits per heavy atom. The summed E-state index contributed by atoms with van der Waals surface area (Å²) in [5, 5.41) is 11.3. The van der Waals surface area contributed by atoms with Gasteiger partial charge in [0, 0.05) is 84.7 Å². The first-order valence-corrected chi connectivity index (χ1v) is 19.0. The van der Waals surface area contributed by atoms with E-state index in [2.05, 4.69) is 32.8 Å². The van der Waals surface area contributed by atoms with Gasteiger partial charge in [0.15, 0.2) is 11.5 Å². The molecule has 1 aromatic carbocycles. The molecule has 0 radical (unpaired) electrons. The molecule has 4 N–H and O–H groups in total. The summed E-state index contributed by atoms with van der Waals surface area (Å²) in [5.74, 6) is -0.737. The average Bonchev–Trinajstić information content (AvgIpc) is 3.94. The smallest absolute Gasteiger partial charge is 0.272 e. The van der Waals surface area contributed by atoms with Gasteiger partial charge in [0.25, 0.3) is 23.6 Å². The fraction of sp³-hybridized carbons (Fsp3) is 0.366. The Labute approximate surface area is 336 Å². The van der Waals surface area contributed by atoms with Crippen molar-refractivity contribution in [1.29, 1.82) is 0 Å². The number of anilines is 3. The second-order valence-electron chi connectivity index (χ2n) is 14.1. The molecule has 2 aliphatic heterocycles. The SMILES string of the molecule is C=C1CC2C=Nc3cc(OCCCC(=O)Nc4cc(C(=O)Nc5cc(C(=O)Nc6cc(C(=O)NCCCOCC)n(C)c6)n(C)c5)n(C)c4)c(OC)cc3C(=O)N2C1. The lowest BCUT2D eigenvalue weighted by molar-refractivity contribution is -0.116. The van der Waals surface area contributed by atoms with E-state index in [0.29, 0.717) is 91.1 Å². The molecule has 0 spiro atoms. The molecule has 0 saturated carbocycles. The largest absolute Gasteiger partial charge is 0.493 e. The van der Waals surface area contributed by atoms with E-state index in [1.165, 1.54) is 7.11 Å². The van der Waals surface area contributed by atoms with Gasteiger partial charge in [-0.1, -0.05) is 12.2 Å². The van der Waals surface area contributed by atoms with Crippen LogP contribution < -0.4 is 30.7 Å². The summed E-state index contributed by atoms with van der Waals surface area (Å²) < 4.78 is 21.6. The molecular weight excluding hydrogens is 747 g/mol. The van der Waals surface area contributed by atoms with Crippen molar-refractivity contribution in [3.63, 3.8) is 0 Å². The number of aliphatic imine (C=N–C) groups is 1. The minimum Gasteiger partial charge on any atom is -0.493 e. The lowest BCUT2D eigenvalue weighted by atomic mass is 10.1. The molecule has 4 aromatic rings. The zero-order chi connectivity index (χ0) is 41.5. The standard InChI is InChI=1S/C41H49N9O8/c1-7-57-12-9-11-42-38(52)32-16-27(23-47(32)3)45-40(54)34-17-28(24-49(34)5)46-39(53)33-15-26(22-48(33)4)44-37(51)10-8-13-58-36-19-31-30(18-35(36)56-6)41(55)50-21-25(2)14-29(50)20-43-31/h15-20,22-24,29H,2,7-14,21H2,1,3-6H3,(H,42,52)(H,44,51)(H,45,54)(H,46,53). The molecule has 1 fully saturated rings. The number of aryl methyl sites for hydroxylation is 3. The van der Waals surface area contributed by atoms with Crippen LogP contribution in [0.1, 0.15) is 74.4 Å². The van der Waals surface area contributed by atoms with Gasteiger partial charge in [-0.3, -0.25) is 29.0 Å². The van der Waals surface area contributed by atoms with Crippen molar-refractivity contribution < 1.29 is 38.2 Å². The van der Waals surface area contributed by atoms with E-state index in [0.717, 1.165) is 5.57 Å². The Hall–Kier alpha value is -6.62. The molecule has 306 valence electrons. The number of rotatable bonds is 17. The monoisotopic (exact) mass is 795 g/mol. The average molecular weight is 796 g/mol. The fourth-order valence-electron chi connectivity index (χ4n) is 6.82. The molecule has 0 aliphatic carbocycles. The molecule has 58 heavy (non-hydrogen) atoms. The molecule has 0 bridgehead atoms. The first-order chi connectivity index (χ1) is 27.8. The van der Waals surface area contributed by atoms with E-state index in [1.807, 2.05) is 6.92 Å². The molecule has 17 nitrogen and oxygen atoms in total. The van der Waals surface area contributed by atoms with Gasteiger partial charge in [-0.15, -0.1) is 0 Å². The lowest BCUT2D eigenvalue weighted by Crippen LogP contribution is -2.35. The highest BCUT2D eigenvalue weighted by molar-refractivity contribution is 6.08. The molecule has 1 unspecified atom stereocenters. The Morgan fingerprint density at radius 2 is 1.41 bits per heavy atom. The number of nitrogens with zero attached hydrogens (tertiary/aromatic N) is 5. The van der Waals surface area contributed by atoms with Crippen molar-refractivity contribution in [3.05, 3.63) is 83.7 Å². The molecule has 17 heteroatoms. The predicted octanol–water partition coefficient (Wildman–Crippen LogP) is 4.66. The minimum absolute atomic E-state index is 0.130. The molecule has 3 aromatic heterocycles. The molecule has 2 aliphatic rings. The zero-order valence-corrected chi connectivity index (χ0v) is 33.3. The van der Waals surface area contributed by atoms with E-state index < -0.39 is 11.8 Å². The van der Waals surface area contributed by atoms with Crippen LogP contribution in [-0.4, -0.2) is 100 Å². The van der Waals surface area contributed by atoms with Crippen LogP contribution in [0.15, 0.2) is 66.1 Å². The third kappa shape index (κ3) is 9.49. The third-order valence-electron chi connectivity index (χ3n) is 9.72. The molecular formula is C41H49N9O8. The molecule has 5 heterocycles. The number of hydrogen-bond acceptors (Lipinski definition) is 9. The maximum atomic E-state index is 13.3. The van der Waals surface area contributed by atoms with Crippen LogP contribution in [0.2, 0.25) is 0 Å². The summed E-state index contributed by atoms with van der Waals surface area (Å²) >= 11 is 0. The number of hydrogen-bond donors (Lipinski definition) is 4. The summed E-state index contributed by atoms with van der Waals surface area (Å²) in [6.45, 7) is 8.26. The van der Waals surface area contributed by atoms with Crippen LogP contribution in [-0.2, 0) is 30.7 Å². The normalized spacial score (nSPS) is 14.4. The topological polar surface area (TPSA) is 192 Å². The maximum Gasteiger partial charge on any atom is 0.272 e. The highest BCUT2D eigenvalue weighted by Gasteiger charge is 2.34. The van der Waals surface area contributed by atoms with Crippen LogP contribution in [0, 0.1) is 0 Å². The van der Waals surface area contributed by atoms with Gasteiger partial charge in [0.1, 0.15) is 17.1 Å². The highest BCUT2D eigenvalue weighted by atomic mass is 16.5. The minimum atomic E-state index is -0.444. The molecule has 1 saturated heterocycles. The van der Waals surface area contributed by atoms with E-state index in [-0.39, 0.29) is 48.2 Å². The van der Waals surface area contributed by atoms with E-state index in [1.54, 1.807) is 94.9 Å². The number of ether oxygens (including phenoxy) is 3. The summed E-state index contributed by atoms with van der Waals surface area (Å²) in [5.41, 5.74) is 4.12. The number of amides is 5. The maximum absolute atomic E-state index is 13.3. The fourth-order valence-corrected chi connectivity index (χ4v) is 6.82. The van der Waals surface area contributed by atoms with Crippen molar-refractivity contribution in [3.8, 4) is 11.5 Å². The highest BCUT2D eigenvalue weighted by Crippen LogP contribution is 2.38. The van der Waals surface area contributed by atoms with Gasteiger partial charge in [0.05, 0.1) is 48.1 Å². The van der Waals surface area contributed by atoms with Crippen LogP contribution in [0.3, 0.4) is 0 Å². The number of methoxy groups -OCH3 is 1. The number of aromatic nitrogens is 3. The molecule has 5 amide bonds. The quantitative estimate of drug-likeness (QED) is 0.0877. The Balaban J connectivity index is 0.979. The Morgan fingerprint density at radius 3 is 2.02 bits per heavy atom. The van der Waals surface area contributed by atoms with Crippen LogP contribution in [0.4, 0.5) is 22.7 Å². The molecule has 6 rings (SSSR count). The number of carbonyl (C=O) groups excluding carboxylic acids is 5. The van der Waals surface area contributed by atoms with E-state index in [9.17, 15) is 24.0 Å². The Bertz CT molecular complexity index is 2270. The summed E-state index contributed by atoms with van der Waals surface area (Å²) in [7, 11) is 6.58. The first kappa shape index (κ1) is 41.0. The van der Waals surface area contributed by atoms with Crippen LogP contribution in [0.5, 0.6) is 11.5 Å². The van der Waals surface area contributed by atoms with E-state index >= 15 is 0 Å². The zero-order valence-electron chi connectivity index (χ0n) is 33.3. The number of nitrogens with one attached hydrogen (secondary N) is 4. The lowest BCUT2D eigenvalue weighted by Gasteiger charge is -2.20. The van der Waals surface area contributed by atoms with Gasteiger partial charge < -0.3 is 54.1 Å². The third-order valence-corrected chi connectivity index (χ3v) is 9.72. The number of carbonyl (C=O) groups is 5. The van der Waals surface area contributed by atoms with Gasteiger partial charge >= 0.3 is 0 Å². The van der Waals surface area contributed by atoms with Crippen molar-refractivity contribution >= 4 is 58.5 Å². The second-order valence-corrected chi connectivity index (χ2v) is 14.1. The van der Waals surface area contributed by atoms with Gasteiger partial charge in [-0.25, -0.2) is 0 Å². The van der Waals surface area contributed by atoms with Crippen LogP contribution >= 0.6 is 0 Å². The summed E-state index contributed by atoms with van der Waals surface area (Å²) in [4.78, 5) is 71.5.